The van der Waals surface area contributed by atoms with E-state index in [1.54, 1.807) is 16.8 Å². The predicted octanol–water partition coefficient (Wildman–Crippen LogP) is 15.2. The molecule has 2 heterocycles. The molecule has 3 aliphatic carbocycles. The average Bonchev–Trinajstić information content (AvgIpc) is 4.17. The lowest BCUT2D eigenvalue weighted by molar-refractivity contribution is 0.178. The third-order valence-electron chi connectivity index (χ3n) is 14.4. The van der Waals surface area contributed by atoms with Gasteiger partial charge in [0, 0.05) is 70.2 Å². The van der Waals surface area contributed by atoms with Gasteiger partial charge in [0.15, 0.2) is 10.9 Å². The van der Waals surface area contributed by atoms with Crippen molar-refractivity contribution in [3.8, 4) is 68.1 Å². The first-order chi connectivity index (χ1) is 41.2. The highest BCUT2D eigenvalue weighted by Gasteiger charge is 2.29. The molecule has 13 nitrogen and oxygen atoms in total. The van der Waals surface area contributed by atoms with Gasteiger partial charge in [0.25, 0.3) is 0 Å². The maximum Gasteiger partial charge on any atom is 0.175 e. The first kappa shape index (κ1) is 57.1. The zero-order valence-electron chi connectivity index (χ0n) is 45.7. The number of fused-ring (bicyclic) bond motifs is 12. The number of aromatic nitrogens is 4. The van der Waals surface area contributed by atoms with E-state index in [0.29, 0.717) is 37.1 Å². The Kier molecular flexibility index (Phi) is 18.7. The summed E-state index contributed by atoms with van der Waals surface area (Å²) in [4.78, 5) is 2.66. The minimum absolute atomic E-state index is 0.112. The number of hydrogen-bond donors (Lipinski definition) is 4. The third-order valence-corrected chi connectivity index (χ3v) is 14.7. The van der Waals surface area contributed by atoms with Crippen molar-refractivity contribution in [2.24, 2.45) is 17.3 Å². The van der Waals surface area contributed by atoms with Crippen molar-refractivity contribution < 1.29 is 25.0 Å². The number of rotatable bonds is 4. The van der Waals surface area contributed by atoms with E-state index < -0.39 is 18.3 Å². The summed E-state index contributed by atoms with van der Waals surface area (Å²) >= 11 is 5.49. The van der Waals surface area contributed by atoms with Gasteiger partial charge in [-0.25, -0.2) is 4.68 Å². The summed E-state index contributed by atoms with van der Waals surface area (Å²) in [5.41, 5.74) is 26.4. The van der Waals surface area contributed by atoms with E-state index in [1.807, 2.05) is 219 Å². The number of aryl methyl sites for hydroxylation is 1. The normalized spacial score (nSPS) is 14.6. The van der Waals surface area contributed by atoms with Crippen molar-refractivity contribution in [1.29, 1.82) is 0 Å². The predicted molar refractivity (Wildman–Crippen MR) is 329 cm³/mol. The topological polar surface area (TPSA) is 199 Å². The van der Waals surface area contributed by atoms with E-state index in [9.17, 15) is 15.3 Å². The van der Waals surface area contributed by atoms with Crippen molar-refractivity contribution >= 4 is 16.8 Å². The number of aliphatic hydroxyl groups is 3. The van der Waals surface area contributed by atoms with Crippen LogP contribution in [0.5, 0.6) is 0 Å². The fourth-order valence-electron chi connectivity index (χ4n) is 10.4. The smallest absolute Gasteiger partial charge is 0.175 e. The van der Waals surface area contributed by atoms with Gasteiger partial charge in [0.1, 0.15) is 11.4 Å². The Balaban J connectivity index is 0.000000123. The van der Waals surface area contributed by atoms with Crippen LogP contribution in [0, 0.1) is 11.8 Å². The molecule has 0 bridgehead atoms. The maximum atomic E-state index is 10.8. The zero-order valence-corrected chi connectivity index (χ0v) is 46.5. The number of oxime groups is 1. The largest absolute Gasteiger partial charge is 0.410 e. The second kappa shape index (κ2) is 27.5. The molecule has 9 aromatic carbocycles. The zero-order chi connectivity index (χ0) is 58.2. The fourth-order valence-corrected chi connectivity index (χ4v) is 10.5. The Morgan fingerprint density at radius 1 is 0.560 bits per heavy atom. The van der Waals surface area contributed by atoms with Crippen LogP contribution in [0.15, 0.2) is 251 Å². The minimum Gasteiger partial charge on any atom is -0.410 e. The Morgan fingerprint density at radius 3 is 1.69 bits per heavy atom. The standard InChI is InChI=1S/C23H17NO2.C17H15N3O.C16H12O.C7H6ClNO.C7H7N3/c25-20-14-16-10-4-5-11-17(16)21-22(15-8-2-1-3-9-15)24-26-23(21)19-13-7-6-12-18(19)20;1-20-17-14-9-5-4-8-13(14)15(21)10-11-6-2-3-7-12(11)16(17)18-19-20;17-16-11-14-7-2-1-5-12(14)9-10-13-6-3-4-8-15(13)16;8-7(9-10)6-4-2-1-3-5-6;8-10-9-6-7-4-2-1-3-5-7/h1-13,20,25H,14H2;2-9,15,21H,10H2,1H3;1-8,16-17H,11H2;1-5,10H;1-5H,6H2/b;;;9-7-;. The van der Waals surface area contributed by atoms with Gasteiger partial charge in [0.2, 0.25) is 0 Å². The minimum atomic E-state index is -0.578. The summed E-state index contributed by atoms with van der Waals surface area (Å²) in [6.07, 6.45) is 0.204. The lowest BCUT2D eigenvalue weighted by atomic mass is 9.85. The van der Waals surface area contributed by atoms with Crippen LogP contribution in [0.2, 0.25) is 0 Å². The molecule has 84 heavy (non-hydrogen) atoms. The molecule has 14 heteroatoms. The number of benzene rings is 9. The van der Waals surface area contributed by atoms with E-state index in [4.69, 9.17) is 26.9 Å². The highest BCUT2D eigenvalue weighted by molar-refractivity contribution is 6.69. The van der Waals surface area contributed by atoms with E-state index in [1.165, 1.54) is 0 Å². The summed E-state index contributed by atoms with van der Waals surface area (Å²) in [5, 5.41) is 59.2. The SMILES string of the molecule is Cn1nnc2c1-c1ccccc1C(O)Cc1ccccc1-2.O/N=C(\Cl)c1ccccc1.OC1Cc2ccccc2-c2c(-c3ccccc3)noc2-c2ccccc21.OC1Cc2ccccc2C#Cc2ccccc21.[N-]=[N+]=NCc1ccccc1. The molecule has 4 N–H and O–H groups in total. The van der Waals surface area contributed by atoms with E-state index in [2.05, 4.69) is 54.6 Å². The number of halogens is 1. The molecule has 414 valence electrons. The van der Waals surface area contributed by atoms with Gasteiger partial charge in [-0.05, 0) is 62.2 Å². The van der Waals surface area contributed by atoms with E-state index in [0.717, 1.165) is 101 Å². The van der Waals surface area contributed by atoms with E-state index >= 15 is 0 Å². The van der Waals surface area contributed by atoms with Gasteiger partial charge in [-0.2, -0.15) is 0 Å². The number of azide groups is 1. The van der Waals surface area contributed by atoms with Gasteiger partial charge in [-0.15, -0.1) is 5.10 Å². The Bertz CT molecular complexity index is 4170. The molecule has 0 saturated heterocycles. The molecular weight excluding hydrogens is 1070 g/mol. The molecule has 3 unspecified atom stereocenters. The quantitative estimate of drug-likeness (QED) is 0.0254. The molecule has 11 aromatic rings. The Labute approximate surface area is 491 Å². The molecule has 0 spiro atoms. The first-order valence-electron chi connectivity index (χ1n) is 27.2. The summed E-state index contributed by atoms with van der Waals surface area (Å²) < 4.78 is 7.63. The Hall–Kier alpha value is -10.2. The molecule has 3 atom stereocenters. The van der Waals surface area contributed by atoms with Crippen LogP contribution >= 0.6 is 11.6 Å². The Morgan fingerprint density at radius 2 is 1.04 bits per heavy atom. The number of aliphatic hydroxyl groups excluding tert-OH is 3. The monoisotopic (exact) mass is 1120 g/mol. The number of hydrogen-bond acceptors (Lipinski definition) is 10. The summed E-state index contributed by atoms with van der Waals surface area (Å²) in [5.74, 6) is 7.04. The van der Waals surface area contributed by atoms with Crippen LogP contribution in [0.25, 0.3) is 66.7 Å². The molecule has 3 aliphatic rings. The highest BCUT2D eigenvalue weighted by atomic mass is 35.5. The molecule has 2 aromatic heterocycles. The summed E-state index contributed by atoms with van der Waals surface area (Å²) in [6, 6.07) is 76.6. The van der Waals surface area contributed by atoms with Gasteiger partial charge in [-0.3, -0.25) is 0 Å². The van der Waals surface area contributed by atoms with Crippen molar-refractivity contribution in [3.63, 3.8) is 0 Å². The fraction of sp³-hybridized carbons (Fsp3) is 0.114. The van der Waals surface area contributed by atoms with Crippen LogP contribution in [0.4, 0.5) is 0 Å². The van der Waals surface area contributed by atoms with Gasteiger partial charge in [0.05, 0.1) is 36.1 Å². The molecule has 0 fully saturated rings. The molecule has 0 amide bonds. The average molecular weight is 1130 g/mol. The molecular formula is C70H57ClN8O5. The number of nitrogens with zero attached hydrogens (tertiary/aromatic N) is 8. The van der Waals surface area contributed by atoms with Crippen molar-refractivity contribution in [3.05, 3.63) is 303 Å². The van der Waals surface area contributed by atoms with Crippen molar-refractivity contribution in [2.75, 3.05) is 0 Å². The summed E-state index contributed by atoms with van der Waals surface area (Å²) in [6.45, 7) is 0.442. The molecule has 0 radical (unpaired) electrons. The van der Waals surface area contributed by atoms with Crippen molar-refractivity contribution in [1.82, 2.24) is 20.2 Å². The molecule has 0 saturated carbocycles. The van der Waals surface area contributed by atoms with E-state index in [-0.39, 0.29) is 5.17 Å². The summed E-state index contributed by atoms with van der Waals surface area (Å²) in [7, 11) is 1.89. The van der Waals surface area contributed by atoms with Crippen LogP contribution in [-0.4, -0.2) is 45.8 Å². The van der Waals surface area contributed by atoms with Crippen LogP contribution in [0.1, 0.15) is 73.9 Å². The maximum absolute atomic E-state index is 10.8. The van der Waals surface area contributed by atoms with Crippen LogP contribution < -0.4 is 0 Å². The second-order valence-corrected chi connectivity index (χ2v) is 20.1. The highest BCUT2D eigenvalue weighted by Crippen LogP contribution is 2.46. The third kappa shape index (κ3) is 13.3. The van der Waals surface area contributed by atoms with Gasteiger partial charge in [-0.1, -0.05) is 269 Å². The lowest BCUT2D eigenvalue weighted by Crippen LogP contribution is -2.09. The molecule has 14 rings (SSSR count). The molecule has 0 aliphatic heterocycles. The van der Waals surface area contributed by atoms with Crippen LogP contribution in [-0.2, 0) is 32.9 Å². The second-order valence-electron chi connectivity index (χ2n) is 19.8. The first-order valence-corrected chi connectivity index (χ1v) is 27.6. The van der Waals surface area contributed by atoms with Gasteiger partial charge >= 0.3 is 0 Å². The van der Waals surface area contributed by atoms with Crippen molar-refractivity contribution in [2.45, 2.75) is 44.1 Å². The van der Waals surface area contributed by atoms with Crippen LogP contribution in [0.3, 0.4) is 0 Å². The lowest BCUT2D eigenvalue weighted by Gasteiger charge is -2.21. The van der Waals surface area contributed by atoms with Gasteiger partial charge < -0.3 is 25.0 Å².